The van der Waals surface area contributed by atoms with Gasteiger partial charge in [0.05, 0.1) is 18.3 Å². The molecule has 0 aliphatic carbocycles. The Labute approximate surface area is 143 Å². The highest BCUT2D eigenvalue weighted by Gasteiger charge is 2.30. The maximum absolute atomic E-state index is 12.7. The fourth-order valence-corrected chi connectivity index (χ4v) is 3.67. The first-order valence-corrected chi connectivity index (χ1v) is 8.84. The fraction of sp³-hybridized carbons (Fsp3) is 0.706. The van der Waals surface area contributed by atoms with E-state index in [1.165, 1.54) is 6.42 Å². The first-order valence-electron chi connectivity index (χ1n) is 8.84. The van der Waals surface area contributed by atoms with Crippen LogP contribution in [0.25, 0.3) is 0 Å². The molecular weight excluding hydrogens is 306 g/mol. The molecule has 1 N–H and O–H groups in total. The Bertz CT molecular complexity index is 592. The lowest BCUT2D eigenvalue weighted by Crippen LogP contribution is -2.52. The topological polar surface area (TPSA) is 72.5 Å². The van der Waals surface area contributed by atoms with Crippen molar-refractivity contribution in [3.63, 3.8) is 0 Å². The average molecular weight is 333 g/mol. The number of amides is 2. The zero-order valence-electron chi connectivity index (χ0n) is 14.6. The van der Waals surface area contributed by atoms with E-state index < -0.39 is 0 Å². The lowest BCUT2D eigenvalue weighted by Gasteiger charge is -2.38. The fourth-order valence-electron chi connectivity index (χ4n) is 3.67. The second kappa shape index (κ2) is 7.34. The monoisotopic (exact) mass is 333 g/mol. The Morgan fingerprint density at radius 2 is 1.88 bits per heavy atom. The third kappa shape index (κ3) is 3.77. The van der Waals surface area contributed by atoms with Crippen LogP contribution in [0, 0.1) is 6.92 Å². The van der Waals surface area contributed by atoms with Gasteiger partial charge >= 0.3 is 0 Å². The molecule has 7 nitrogen and oxygen atoms in total. The van der Waals surface area contributed by atoms with E-state index in [0.29, 0.717) is 32.7 Å². The van der Waals surface area contributed by atoms with E-state index in [0.717, 1.165) is 30.8 Å². The summed E-state index contributed by atoms with van der Waals surface area (Å²) in [5.74, 6) is 0.254. The summed E-state index contributed by atoms with van der Waals surface area (Å²) in [4.78, 5) is 30.0. The van der Waals surface area contributed by atoms with Gasteiger partial charge in [0.15, 0.2) is 0 Å². The summed E-state index contributed by atoms with van der Waals surface area (Å²) in [7, 11) is 0. The molecule has 0 bridgehead atoms. The predicted molar refractivity (Wildman–Crippen MR) is 90.3 cm³/mol. The molecule has 1 aromatic heterocycles. The van der Waals surface area contributed by atoms with Gasteiger partial charge in [0.25, 0.3) is 0 Å². The van der Waals surface area contributed by atoms with Crippen molar-refractivity contribution < 1.29 is 9.59 Å². The van der Waals surface area contributed by atoms with Gasteiger partial charge in [-0.3, -0.25) is 19.6 Å². The summed E-state index contributed by atoms with van der Waals surface area (Å²) < 4.78 is 0. The second-order valence-electron chi connectivity index (χ2n) is 6.84. The Balaban J connectivity index is 1.59. The molecule has 2 aliphatic rings. The van der Waals surface area contributed by atoms with Gasteiger partial charge in [-0.25, -0.2) is 0 Å². The quantitative estimate of drug-likeness (QED) is 0.893. The van der Waals surface area contributed by atoms with Gasteiger partial charge in [-0.15, -0.1) is 0 Å². The van der Waals surface area contributed by atoms with E-state index in [9.17, 15) is 9.59 Å². The van der Waals surface area contributed by atoms with Gasteiger partial charge in [-0.1, -0.05) is 6.42 Å². The number of carbonyl (C=O) groups is 2. The summed E-state index contributed by atoms with van der Waals surface area (Å²) >= 11 is 0. The third-order valence-electron chi connectivity index (χ3n) is 5.10. The maximum atomic E-state index is 12.7. The van der Waals surface area contributed by atoms with Crippen LogP contribution in [0.15, 0.2) is 6.07 Å². The molecule has 0 aromatic carbocycles. The predicted octanol–water partition coefficient (Wildman–Crippen LogP) is 0.936. The number of nitrogens with zero attached hydrogens (tertiary/aromatic N) is 4. The van der Waals surface area contributed by atoms with E-state index in [4.69, 9.17) is 0 Å². The molecule has 7 heteroatoms. The summed E-state index contributed by atoms with van der Waals surface area (Å²) in [5, 5.41) is 7.41. The molecule has 2 saturated heterocycles. The van der Waals surface area contributed by atoms with Gasteiger partial charge in [-0.2, -0.15) is 5.10 Å². The van der Waals surface area contributed by atoms with Crippen LogP contribution in [-0.2, 0) is 9.59 Å². The Morgan fingerprint density at radius 1 is 1.17 bits per heavy atom. The summed E-state index contributed by atoms with van der Waals surface area (Å²) in [5.41, 5.74) is 2.10. The first-order chi connectivity index (χ1) is 11.5. The lowest BCUT2D eigenvalue weighted by atomic mass is 9.99. The highest BCUT2D eigenvalue weighted by Crippen LogP contribution is 2.29. The molecule has 0 saturated carbocycles. The molecule has 2 amide bonds. The number of likely N-dealkylation sites (tertiary alicyclic amines) is 1. The molecule has 3 heterocycles. The van der Waals surface area contributed by atoms with Gasteiger partial charge in [0.1, 0.15) is 0 Å². The minimum atomic E-state index is 0.0899. The molecule has 2 aliphatic heterocycles. The molecule has 1 atom stereocenters. The van der Waals surface area contributed by atoms with Crippen LogP contribution in [-0.4, -0.2) is 76.0 Å². The van der Waals surface area contributed by atoms with Gasteiger partial charge in [0, 0.05) is 38.8 Å². The average Bonchev–Trinajstić information content (AvgIpc) is 3.01. The van der Waals surface area contributed by atoms with Crippen LogP contribution in [0.2, 0.25) is 0 Å². The Hall–Kier alpha value is -1.89. The largest absolute Gasteiger partial charge is 0.339 e. The zero-order valence-corrected chi connectivity index (χ0v) is 14.6. The molecule has 24 heavy (non-hydrogen) atoms. The summed E-state index contributed by atoms with van der Waals surface area (Å²) in [6, 6.07) is 2.31. The number of aryl methyl sites for hydroxylation is 1. The second-order valence-corrected chi connectivity index (χ2v) is 6.84. The van der Waals surface area contributed by atoms with Crippen LogP contribution >= 0.6 is 0 Å². The number of piperazine rings is 1. The number of aromatic nitrogens is 2. The highest BCUT2D eigenvalue weighted by molar-refractivity contribution is 5.79. The maximum Gasteiger partial charge on any atom is 0.236 e. The van der Waals surface area contributed by atoms with Crippen molar-refractivity contribution in [2.24, 2.45) is 0 Å². The van der Waals surface area contributed by atoms with Crippen LogP contribution in [0.1, 0.15) is 43.6 Å². The minimum Gasteiger partial charge on any atom is -0.339 e. The number of carbonyl (C=O) groups excluding carboxylic acids is 2. The molecular formula is C17H27N5O2. The number of rotatable bonds is 3. The van der Waals surface area contributed by atoms with E-state index in [2.05, 4.69) is 21.2 Å². The standard InChI is InChI=1S/C17H27N5O2/c1-13-11-15(19-18-13)16-5-3-4-6-22(16)12-17(24)21-9-7-20(8-10-21)14(2)23/h11,16H,3-10,12H2,1-2H3,(H,18,19). The van der Waals surface area contributed by atoms with Crippen molar-refractivity contribution in [2.45, 2.75) is 39.2 Å². The van der Waals surface area contributed by atoms with Crippen LogP contribution in [0.3, 0.4) is 0 Å². The summed E-state index contributed by atoms with van der Waals surface area (Å²) in [6.45, 7) is 7.53. The minimum absolute atomic E-state index is 0.0899. The van der Waals surface area contributed by atoms with Gasteiger partial charge in [0.2, 0.25) is 11.8 Å². The number of piperidine rings is 1. The molecule has 2 fully saturated rings. The SMILES string of the molecule is CC(=O)N1CCN(C(=O)CN2CCCCC2c2cc(C)[nH]n2)CC1. The van der Waals surface area contributed by atoms with Crippen molar-refractivity contribution in [1.82, 2.24) is 24.9 Å². The molecule has 0 spiro atoms. The normalized spacial score (nSPS) is 22.7. The Morgan fingerprint density at radius 3 is 2.50 bits per heavy atom. The van der Waals surface area contributed by atoms with Crippen molar-refractivity contribution in [3.8, 4) is 0 Å². The molecule has 132 valence electrons. The highest BCUT2D eigenvalue weighted by atomic mass is 16.2. The number of nitrogens with one attached hydrogen (secondary N) is 1. The number of aromatic amines is 1. The molecule has 1 aromatic rings. The van der Waals surface area contributed by atoms with Crippen LogP contribution < -0.4 is 0 Å². The van der Waals surface area contributed by atoms with E-state index >= 15 is 0 Å². The number of hydrogen-bond donors (Lipinski definition) is 1. The van der Waals surface area contributed by atoms with Gasteiger partial charge < -0.3 is 9.80 Å². The zero-order chi connectivity index (χ0) is 17.1. The number of hydrogen-bond acceptors (Lipinski definition) is 4. The Kier molecular flexibility index (Phi) is 5.18. The summed E-state index contributed by atoms with van der Waals surface area (Å²) in [6.07, 6.45) is 3.36. The molecule has 0 radical (unpaired) electrons. The van der Waals surface area contributed by atoms with Crippen molar-refractivity contribution in [2.75, 3.05) is 39.3 Å². The molecule has 1 unspecified atom stereocenters. The van der Waals surface area contributed by atoms with E-state index in [1.54, 1.807) is 11.8 Å². The van der Waals surface area contributed by atoms with Crippen molar-refractivity contribution in [1.29, 1.82) is 0 Å². The van der Waals surface area contributed by atoms with E-state index in [1.807, 2.05) is 11.8 Å². The van der Waals surface area contributed by atoms with Gasteiger partial charge in [-0.05, 0) is 32.4 Å². The number of H-pyrrole nitrogens is 1. The molecule has 3 rings (SSSR count). The van der Waals surface area contributed by atoms with Crippen molar-refractivity contribution in [3.05, 3.63) is 17.5 Å². The smallest absolute Gasteiger partial charge is 0.236 e. The lowest BCUT2D eigenvalue weighted by molar-refractivity contribution is -0.139. The first kappa shape index (κ1) is 17.0. The van der Waals surface area contributed by atoms with Crippen LogP contribution in [0.5, 0.6) is 0 Å². The van der Waals surface area contributed by atoms with Crippen LogP contribution in [0.4, 0.5) is 0 Å². The van der Waals surface area contributed by atoms with Crippen molar-refractivity contribution >= 4 is 11.8 Å². The third-order valence-corrected chi connectivity index (χ3v) is 5.10. The van der Waals surface area contributed by atoms with E-state index in [-0.39, 0.29) is 17.9 Å².